The van der Waals surface area contributed by atoms with Crippen LogP contribution < -0.4 is 5.32 Å². The average molecular weight is 218 g/mol. The highest BCUT2D eigenvalue weighted by atomic mass is 35.5. The molecule has 0 atom stereocenters. The van der Waals surface area contributed by atoms with E-state index in [9.17, 15) is 0 Å². The van der Waals surface area contributed by atoms with Crippen molar-refractivity contribution in [1.82, 2.24) is 5.32 Å². The van der Waals surface area contributed by atoms with E-state index in [2.05, 4.69) is 33.0 Å². The van der Waals surface area contributed by atoms with Gasteiger partial charge in [0.25, 0.3) is 0 Å². The van der Waals surface area contributed by atoms with Gasteiger partial charge < -0.3 is 5.32 Å². The van der Waals surface area contributed by atoms with Crippen LogP contribution in [-0.4, -0.2) is 13.1 Å². The zero-order valence-corrected chi connectivity index (χ0v) is 10.9. The second-order valence-corrected chi connectivity index (χ2v) is 4.96. The standard InChI is InChI=1S/C12H24ClN/c1-9(2)12(10(3)4)8-14-7-11(5)6-13/h6,9-10,12,14H,7-8H2,1-5H3. The van der Waals surface area contributed by atoms with Gasteiger partial charge in [0.15, 0.2) is 0 Å². The highest BCUT2D eigenvalue weighted by molar-refractivity contribution is 6.25. The summed E-state index contributed by atoms with van der Waals surface area (Å²) in [4.78, 5) is 0. The van der Waals surface area contributed by atoms with Crippen molar-refractivity contribution in [3.63, 3.8) is 0 Å². The van der Waals surface area contributed by atoms with Crippen LogP contribution in [0.1, 0.15) is 34.6 Å². The molecule has 2 heteroatoms. The molecule has 14 heavy (non-hydrogen) atoms. The summed E-state index contributed by atoms with van der Waals surface area (Å²) < 4.78 is 0. The molecule has 1 nitrogen and oxygen atoms in total. The number of hydrogen-bond donors (Lipinski definition) is 1. The zero-order valence-electron chi connectivity index (χ0n) is 10.1. The molecule has 0 radical (unpaired) electrons. The Labute approximate surface area is 93.9 Å². The topological polar surface area (TPSA) is 12.0 Å². The second-order valence-electron chi connectivity index (χ2n) is 4.74. The number of halogens is 1. The third-order valence-corrected chi connectivity index (χ3v) is 3.06. The first kappa shape index (κ1) is 14.0. The molecule has 0 saturated carbocycles. The van der Waals surface area contributed by atoms with Crippen LogP contribution in [0.5, 0.6) is 0 Å². The van der Waals surface area contributed by atoms with Crippen molar-refractivity contribution in [1.29, 1.82) is 0 Å². The monoisotopic (exact) mass is 217 g/mol. The van der Waals surface area contributed by atoms with Crippen LogP contribution in [0, 0.1) is 17.8 Å². The predicted octanol–water partition coefficient (Wildman–Crippen LogP) is 3.65. The molecule has 0 aliphatic heterocycles. The summed E-state index contributed by atoms with van der Waals surface area (Å²) in [5, 5.41) is 3.45. The van der Waals surface area contributed by atoms with E-state index >= 15 is 0 Å². The minimum absolute atomic E-state index is 0.739. The van der Waals surface area contributed by atoms with Gasteiger partial charge in [0.1, 0.15) is 0 Å². The molecule has 0 aromatic rings. The van der Waals surface area contributed by atoms with Crippen molar-refractivity contribution in [3.05, 3.63) is 11.1 Å². The number of nitrogens with one attached hydrogen (secondary N) is 1. The van der Waals surface area contributed by atoms with Crippen LogP contribution in [0.15, 0.2) is 11.1 Å². The molecule has 0 fully saturated rings. The summed E-state index contributed by atoms with van der Waals surface area (Å²) in [6, 6.07) is 0. The summed E-state index contributed by atoms with van der Waals surface area (Å²) in [7, 11) is 0. The summed E-state index contributed by atoms with van der Waals surface area (Å²) in [6.07, 6.45) is 0. The minimum atomic E-state index is 0.739. The van der Waals surface area contributed by atoms with Gasteiger partial charge in [-0.05, 0) is 36.8 Å². The van der Waals surface area contributed by atoms with Crippen molar-refractivity contribution >= 4 is 11.6 Å². The molecule has 1 N–H and O–H groups in total. The van der Waals surface area contributed by atoms with E-state index in [0.717, 1.165) is 30.8 Å². The fourth-order valence-electron chi connectivity index (χ4n) is 1.72. The Bertz CT molecular complexity index is 165. The number of rotatable bonds is 6. The molecule has 0 aliphatic carbocycles. The van der Waals surface area contributed by atoms with Gasteiger partial charge in [0.2, 0.25) is 0 Å². The first-order valence-electron chi connectivity index (χ1n) is 5.45. The van der Waals surface area contributed by atoms with Crippen LogP contribution in [-0.2, 0) is 0 Å². The van der Waals surface area contributed by atoms with E-state index in [0.29, 0.717) is 0 Å². The predicted molar refractivity (Wildman–Crippen MR) is 65.6 cm³/mol. The molecule has 84 valence electrons. The minimum Gasteiger partial charge on any atom is -0.313 e. The van der Waals surface area contributed by atoms with Crippen LogP contribution >= 0.6 is 11.6 Å². The maximum atomic E-state index is 5.59. The Kier molecular flexibility index (Phi) is 7.30. The quantitative estimate of drug-likeness (QED) is 0.717. The normalized spacial score (nSPS) is 13.4. The molecule has 0 heterocycles. The van der Waals surface area contributed by atoms with Crippen LogP contribution in [0.2, 0.25) is 0 Å². The van der Waals surface area contributed by atoms with E-state index in [4.69, 9.17) is 11.6 Å². The first-order valence-corrected chi connectivity index (χ1v) is 5.89. The molecule has 0 bridgehead atoms. The Morgan fingerprint density at radius 1 is 1.21 bits per heavy atom. The van der Waals surface area contributed by atoms with E-state index in [1.807, 2.05) is 6.92 Å². The zero-order chi connectivity index (χ0) is 11.1. The van der Waals surface area contributed by atoms with Crippen molar-refractivity contribution in [3.8, 4) is 0 Å². The highest BCUT2D eigenvalue weighted by Crippen LogP contribution is 2.19. The fraction of sp³-hybridized carbons (Fsp3) is 0.833. The largest absolute Gasteiger partial charge is 0.313 e. The highest BCUT2D eigenvalue weighted by Gasteiger charge is 2.16. The van der Waals surface area contributed by atoms with Crippen LogP contribution in [0.25, 0.3) is 0 Å². The van der Waals surface area contributed by atoms with E-state index in [1.165, 1.54) is 5.57 Å². The second kappa shape index (κ2) is 7.30. The Morgan fingerprint density at radius 3 is 2.07 bits per heavy atom. The van der Waals surface area contributed by atoms with Gasteiger partial charge in [0.05, 0.1) is 0 Å². The van der Waals surface area contributed by atoms with E-state index in [-0.39, 0.29) is 0 Å². The van der Waals surface area contributed by atoms with Gasteiger partial charge in [-0.1, -0.05) is 39.3 Å². The molecular formula is C12H24ClN. The van der Waals surface area contributed by atoms with Crippen molar-refractivity contribution in [2.24, 2.45) is 17.8 Å². The van der Waals surface area contributed by atoms with Crippen molar-refractivity contribution in [2.45, 2.75) is 34.6 Å². The number of hydrogen-bond acceptors (Lipinski definition) is 1. The molecular weight excluding hydrogens is 194 g/mol. The maximum absolute atomic E-state index is 5.59. The molecule has 0 aromatic carbocycles. The van der Waals surface area contributed by atoms with Crippen LogP contribution in [0.3, 0.4) is 0 Å². The first-order chi connectivity index (χ1) is 6.49. The molecule has 0 aliphatic rings. The Balaban J connectivity index is 3.84. The van der Waals surface area contributed by atoms with E-state index < -0.39 is 0 Å². The molecule has 0 saturated heterocycles. The lowest BCUT2D eigenvalue weighted by Crippen LogP contribution is -2.30. The average Bonchev–Trinajstić information content (AvgIpc) is 2.10. The van der Waals surface area contributed by atoms with Gasteiger partial charge in [-0.15, -0.1) is 0 Å². The summed E-state index contributed by atoms with van der Waals surface area (Å²) in [6.45, 7) is 13.2. The third kappa shape index (κ3) is 5.66. The lowest BCUT2D eigenvalue weighted by molar-refractivity contribution is 0.279. The Morgan fingerprint density at radius 2 is 1.71 bits per heavy atom. The lowest BCUT2D eigenvalue weighted by Gasteiger charge is -2.25. The summed E-state index contributed by atoms with van der Waals surface area (Å²) in [5.74, 6) is 2.23. The van der Waals surface area contributed by atoms with Gasteiger partial charge in [-0.25, -0.2) is 0 Å². The van der Waals surface area contributed by atoms with E-state index in [1.54, 1.807) is 5.54 Å². The van der Waals surface area contributed by atoms with Crippen LogP contribution in [0.4, 0.5) is 0 Å². The third-order valence-electron chi connectivity index (χ3n) is 2.68. The SMILES string of the molecule is CC(=CCl)CNCC(C(C)C)C(C)C. The van der Waals surface area contributed by atoms with Gasteiger partial charge >= 0.3 is 0 Å². The van der Waals surface area contributed by atoms with Gasteiger partial charge in [0, 0.05) is 12.1 Å². The van der Waals surface area contributed by atoms with Crippen molar-refractivity contribution < 1.29 is 0 Å². The molecule has 0 amide bonds. The molecule has 0 rings (SSSR count). The molecule has 0 aromatic heterocycles. The van der Waals surface area contributed by atoms with Crippen molar-refractivity contribution in [2.75, 3.05) is 13.1 Å². The molecule has 0 unspecified atom stereocenters. The lowest BCUT2D eigenvalue weighted by atomic mass is 9.85. The summed E-state index contributed by atoms with van der Waals surface area (Å²) in [5.41, 5.74) is 2.84. The maximum Gasteiger partial charge on any atom is 0.0173 e. The molecule has 0 spiro atoms. The van der Waals surface area contributed by atoms with Gasteiger partial charge in [-0.2, -0.15) is 0 Å². The van der Waals surface area contributed by atoms with Gasteiger partial charge in [-0.3, -0.25) is 0 Å². The smallest absolute Gasteiger partial charge is 0.0173 e. The Hall–Kier alpha value is -0.0100. The fourth-order valence-corrected chi connectivity index (χ4v) is 1.79. The summed E-state index contributed by atoms with van der Waals surface area (Å²) >= 11 is 5.59.